The average molecular weight is 312 g/mol. The number of nitrogens with one attached hydrogen (secondary N) is 1. The molecule has 3 rings (SSSR count). The summed E-state index contributed by atoms with van der Waals surface area (Å²) in [4.78, 5) is 18.7. The molecule has 0 aliphatic carbocycles. The minimum absolute atomic E-state index is 0.261. The van der Waals surface area contributed by atoms with Crippen molar-refractivity contribution in [1.82, 2.24) is 4.98 Å². The molecule has 5 heteroatoms. The lowest BCUT2D eigenvalue weighted by molar-refractivity contribution is 0.102. The normalized spacial score (nSPS) is 10.7. The summed E-state index contributed by atoms with van der Waals surface area (Å²) in [5.74, 6) is 0.254. The second-order valence-corrected chi connectivity index (χ2v) is 6.43. The fraction of sp³-hybridized carbons (Fsp3) is 0.176. The highest BCUT2D eigenvalue weighted by atomic mass is 32.1. The van der Waals surface area contributed by atoms with Gasteiger partial charge in [0.15, 0.2) is 17.8 Å². The highest BCUT2D eigenvalue weighted by Gasteiger charge is 2.20. The second kappa shape index (κ2) is 5.77. The monoisotopic (exact) mass is 312 g/mol. The van der Waals surface area contributed by atoms with Crippen LogP contribution in [0.4, 0.5) is 5.69 Å². The van der Waals surface area contributed by atoms with Crippen LogP contribution in [-0.4, -0.2) is 10.9 Å². The van der Waals surface area contributed by atoms with Crippen molar-refractivity contribution in [3.63, 3.8) is 0 Å². The number of rotatable bonds is 3. The van der Waals surface area contributed by atoms with Crippen molar-refractivity contribution in [2.24, 2.45) is 0 Å². The number of aromatic nitrogens is 1. The molecule has 0 saturated heterocycles. The molecule has 1 amide bonds. The molecule has 3 aromatic rings. The Morgan fingerprint density at radius 3 is 2.73 bits per heavy atom. The summed E-state index contributed by atoms with van der Waals surface area (Å²) < 4.78 is 5.42. The van der Waals surface area contributed by atoms with Gasteiger partial charge < -0.3 is 9.73 Å². The molecule has 1 N–H and O–H groups in total. The fourth-order valence-electron chi connectivity index (χ4n) is 2.21. The van der Waals surface area contributed by atoms with E-state index in [1.54, 1.807) is 11.3 Å². The molecule has 0 bridgehead atoms. The van der Waals surface area contributed by atoms with Gasteiger partial charge >= 0.3 is 0 Å². The lowest BCUT2D eigenvalue weighted by Crippen LogP contribution is -2.14. The van der Waals surface area contributed by atoms with Crippen LogP contribution in [0.1, 0.15) is 26.5 Å². The molecular weight excluding hydrogens is 296 g/mol. The van der Waals surface area contributed by atoms with Crippen molar-refractivity contribution < 1.29 is 9.21 Å². The Morgan fingerprint density at radius 2 is 2.00 bits per heavy atom. The first-order valence-electron chi connectivity index (χ1n) is 6.94. The Hall–Kier alpha value is -2.40. The highest BCUT2D eigenvalue weighted by molar-refractivity contribution is 7.15. The zero-order chi connectivity index (χ0) is 15.7. The molecule has 1 aromatic carbocycles. The van der Waals surface area contributed by atoms with E-state index in [1.165, 1.54) is 6.39 Å². The number of benzene rings is 1. The van der Waals surface area contributed by atoms with Gasteiger partial charge in [0.1, 0.15) is 0 Å². The lowest BCUT2D eigenvalue weighted by Gasteiger charge is -2.09. The van der Waals surface area contributed by atoms with E-state index in [2.05, 4.69) is 10.3 Å². The van der Waals surface area contributed by atoms with E-state index in [-0.39, 0.29) is 5.91 Å². The molecule has 0 unspecified atom stereocenters. The molecule has 2 heterocycles. The van der Waals surface area contributed by atoms with Crippen LogP contribution in [-0.2, 0) is 0 Å². The van der Waals surface area contributed by atoms with Crippen molar-refractivity contribution in [1.29, 1.82) is 0 Å². The maximum absolute atomic E-state index is 12.5. The van der Waals surface area contributed by atoms with Crippen molar-refractivity contribution in [2.45, 2.75) is 20.8 Å². The summed E-state index contributed by atoms with van der Waals surface area (Å²) in [7, 11) is 0. The summed E-state index contributed by atoms with van der Waals surface area (Å²) in [5.41, 5.74) is 3.28. The first-order valence-corrected chi connectivity index (χ1v) is 7.76. The van der Waals surface area contributed by atoms with Crippen LogP contribution in [0.2, 0.25) is 0 Å². The third-order valence-electron chi connectivity index (χ3n) is 3.60. The van der Waals surface area contributed by atoms with E-state index in [9.17, 15) is 4.79 Å². The first-order chi connectivity index (χ1) is 10.6. The smallest absolute Gasteiger partial charge is 0.278 e. The minimum atomic E-state index is -0.261. The summed E-state index contributed by atoms with van der Waals surface area (Å²) in [6, 6.07) is 9.75. The Labute approximate surface area is 132 Å². The molecule has 0 fully saturated rings. The second-order valence-electron chi connectivity index (χ2n) is 5.14. The largest absolute Gasteiger partial charge is 0.442 e. The third kappa shape index (κ3) is 2.67. The Kier molecular flexibility index (Phi) is 3.81. The highest BCUT2D eigenvalue weighted by Crippen LogP contribution is 2.30. The number of aryl methyl sites for hydroxylation is 2. The Balaban J connectivity index is 1.91. The van der Waals surface area contributed by atoms with E-state index in [1.807, 2.05) is 51.1 Å². The van der Waals surface area contributed by atoms with Gasteiger partial charge in [0.05, 0.1) is 4.88 Å². The molecule has 22 heavy (non-hydrogen) atoms. The van der Waals surface area contributed by atoms with Gasteiger partial charge in [0.25, 0.3) is 5.91 Å². The first kappa shape index (κ1) is 14.5. The molecule has 0 aliphatic heterocycles. The quantitative estimate of drug-likeness (QED) is 0.770. The van der Waals surface area contributed by atoms with Gasteiger partial charge in [0.2, 0.25) is 0 Å². The zero-order valence-electron chi connectivity index (χ0n) is 12.6. The van der Waals surface area contributed by atoms with Gasteiger partial charge in [-0.1, -0.05) is 12.1 Å². The molecule has 0 aliphatic rings. The van der Waals surface area contributed by atoms with E-state index < -0.39 is 0 Å². The predicted octanol–water partition coefficient (Wildman–Crippen LogP) is 4.58. The van der Waals surface area contributed by atoms with E-state index in [0.717, 1.165) is 26.6 Å². The number of amides is 1. The number of carbonyl (C=O) groups excluding carboxylic acids is 1. The third-order valence-corrected chi connectivity index (χ3v) is 4.60. The van der Waals surface area contributed by atoms with E-state index in [0.29, 0.717) is 11.5 Å². The van der Waals surface area contributed by atoms with Gasteiger partial charge in [-0.2, -0.15) is 0 Å². The summed E-state index contributed by atoms with van der Waals surface area (Å²) in [6.07, 6.45) is 1.31. The van der Waals surface area contributed by atoms with Gasteiger partial charge in [-0.15, -0.1) is 11.3 Å². The maximum atomic E-state index is 12.5. The van der Waals surface area contributed by atoms with Crippen LogP contribution in [0.15, 0.2) is 41.1 Å². The standard InChI is InChI=1S/C17H16N2O2S/c1-10-5-4-6-13(12(10)3)19-17(20)15-16(21-9-18-15)14-8-7-11(2)22-14/h4-9H,1-3H3,(H,19,20). The van der Waals surface area contributed by atoms with Crippen LogP contribution in [0, 0.1) is 20.8 Å². The topological polar surface area (TPSA) is 55.1 Å². The predicted molar refractivity (Wildman–Crippen MR) is 88.4 cm³/mol. The molecule has 0 saturated carbocycles. The van der Waals surface area contributed by atoms with Crippen molar-refractivity contribution in [3.8, 4) is 10.6 Å². The Morgan fingerprint density at radius 1 is 1.18 bits per heavy atom. The van der Waals surface area contributed by atoms with E-state index >= 15 is 0 Å². The number of hydrogen-bond acceptors (Lipinski definition) is 4. The summed E-state index contributed by atoms with van der Waals surface area (Å²) in [5, 5.41) is 2.91. The summed E-state index contributed by atoms with van der Waals surface area (Å²) in [6.45, 7) is 6.01. The minimum Gasteiger partial charge on any atom is -0.442 e. The van der Waals surface area contributed by atoms with Crippen LogP contribution < -0.4 is 5.32 Å². The number of nitrogens with zero attached hydrogens (tertiary/aromatic N) is 1. The van der Waals surface area contributed by atoms with Gasteiger partial charge in [-0.3, -0.25) is 4.79 Å². The lowest BCUT2D eigenvalue weighted by atomic mass is 10.1. The van der Waals surface area contributed by atoms with Crippen LogP contribution >= 0.6 is 11.3 Å². The van der Waals surface area contributed by atoms with Gasteiger partial charge in [-0.25, -0.2) is 4.98 Å². The number of carbonyl (C=O) groups is 1. The molecule has 2 aromatic heterocycles. The molecule has 4 nitrogen and oxygen atoms in total. The average Bonchev–Trinajstić information content (AvgIpc) is 3.12. The Bertz CT molecular complexity index is 833. The van der Waals surface area contributed by atoms with Crippen molar-refractivity contribution >= 4 is 22.9 Å². The molecule has 0 radical (unpaired) electrons. The maximum Gasteiger partial charge on any atom is 0.278 e. The number of thiophene rings is 1. The number of anilines is 1. The van der Waals surface area contributed by atoms with Crippen LogP contribution in [0.3, 0.4) is 0 Å². The molecule has 112 valence electrons. The number of hydrogen-bond donors (Lipinski definition) is 1. The van der Waals surface area contributed by atoms with Crippen molar-refractivity contribution in [3.05, 3.63) is 58.4 Å². The zero-order valence-corrected chi connectivity index (χ0v) is 13.5. The van der Waals surface area contributed by atoms with Gasteiger partial charge in [0, 0.05) is 10.6 Å². The van der Waals surface area contributed by atoms with Gasteiger partial charge in [-0.05, 0) is 50.1 Å². The van der Waals surface area contributed by atoms with Crippen LogP contribution in [0.5, 0.6) is 0 Å². The van der Waals surface area contributed by atoms with Crippen molar-refractivity contribution in [2.75, 3.05) is 5.32 Å². The molecule has 0 atom stereocenters. The van der Waals surface area contributed by atoms with Crippen LogP contribution in [0.25, 0.3) is 10.6 Å². The molecule has 0 spiro atoms. The van der Waals surface area contributed by atoms with E-state index in [4.69, 9.17) is 4.42 Å². The fourth-order valence-corrected chi connectivity index (χ4v) is 3.06. The molecular formula is C17H16N2O2S. The summed E-state index contributed by atoms with van der Waals surface area (Å²) >= 11 is 1.58. The SMILES string of the molecule is Cc1ccc(-c2ocnc2C(=O)Nc2cccc(C)c2C)s1. The number of oxazole rings is 1.